The van der Waals surface area contributed by atoms with Gasteiger partial charge in [0.1, 0.15) is 0 Å². The van der Waals surface area contributed by atoms with Crippen LogP contribution in [0.4, 0.5) is 0 Å². The highest BCUT2D eigenvalue weighted by molar-refractivity contribution is 6.12. The average molecular weight is 274 g/mol. The average Bonchev–Trinajstić information content (AvgIpc) is 2.91. The Morgan fingerprint density at radius 1 is 1.30 bits per heavy atom. The van der Waals surface area contributed by atoms with Gasteiger partial charge in [-0.1, -0.05) is 30.3 Å². The standard InChI is InChI=1S/C16H22N2O2/c1-13(12-17)15(14-6-4-3-5-7-14)18-9-8-16(2)19-10-11-20-16/h3-7,12H,8-11,17H2,1-2H3. The molecule has 2 rings (SSSR count). The lowest BCUT2D eigenvalue weighted by Gasteiger charge is -2.21. The number of nitrogens with zero attached hydrogens (tertiary/aromatic N) is 1. The Morgan fingerprint density at radius 3 is 2.55 bits per heavy atom. The highest BCUT2D eigenvalue weighted by Crippen LogP contribution is 2.22. The second kappa shape index (κ2) is 6.68. The Balaban J connectivity index is 2.09. The van der Waals surface area contributed by atoms with E-state index in [4.69, 9.17) is 15.2 Å². The highest BCUT2D eigenvalue weighted by atomic mass is 16.7. The van der Waals surface area contributed by atoms with Gasteiger partial charge in [-0.15, -0.1) is 0 Å². The monoisotopic (exact) mass is 274 g/mol. The summed E-state index contributed by atoms with van der Waals surface area (Å²) in [4.78, 5) is 4.68. The second-order valence-corrected chi connectivity index (χ2v) is 5.03. The van der Waals surface area contributed by atoms with E-state index in [0.29, 0.717) is 19.8 Å². The molecule has 1 aliphatic rings. The van der Waals surface area contributed by atoms with Crippen LogP contribution in [0, 0.1) is 0 Å². The molecule has 1 fully saturated rings. The van der Waals surface area contributed by atoms with Gasteiger partial charge >= 0.3 is 0 Å². The molecule has 0 aromatic heterocycles. The molecule has 0 unspecified atom stereocenters. The third-order valence-corrected chi connectivity index (χ3v) is 3.40. The number of hydrogen-bond donors (Lipinski definition) is 1. The lowest BCUT2D eigenvalue weighted by Crippen LogP contribution is -2.26. The van der Waals surface area contributed by atoms with E-state index in [1.165, 1.54) is 0 Å². The van der Waals surface area contributed by atoms with Crippen LogP contribution in [0.2, 0.25) is 0 Å². The van der Waals surface area contributed by atoms with E-state index in [-0.39, 0.29) is 0 Å². The first-order chi connectivity index (χ1) is 9.64. The van der Waals surface area contributed by atoms with Gasteiger partial charge in [-0.05, 0) is 31.2 Å². The first kappa shape index (κ1) is 14.8. The maximum atomic E-state index is 5.64. The van der Waals surface area contributed by atoms with Gasteiger partial charge in [0, 0.05) is 13.0 Å². The van der Waals surface area contributed by atoms with Gasteiger partial charge in [-0.2, -0.15) is 0 Å². The Kier molecular flexibility index (Phi) is 4.93. The Hall–Kier alpha value is -1.65. The van der Waals surface area contributed by atoms with E-state index >= 15 is 0 Å². The quantitative estimate of drug-likeness (QED) is 0.839. The van der Waals surface area contributed by atoms with Crippen molar-refractivity contribution < 1.29 is 9.47 Å². The van der Waals surface area contributed by atoms with E-state index < -0.39 is 5.79 Å². The molecule has 0 bridgehead atoms. The van der Waals surface area contributed by atoms with E-state index in [1.807, 2.05) is 44.2 Å². The first-order valence-corrected chi connectivity index (χ1v) is 6.91. The molecule has 0 amide bonds. The number of rotatable bonds is 5. The Labute approximate surface area is 120 Å². The van der Waals surface area contributed by atoms with Gasteiger partial charge in [0.25, 0.3) is 0 Å². The van der Waals surface area contributed by atoms with Crippen molar-refractivity contribution in [3.05, 3.63) is 47.7 Å². The van der Waals surface area contributed by atoms with Crippen LogP contribution in [-0.4, -0.2) is 31.3 Å². The van der Waals surface area contributed by atoms with Gasteiger partial charge < -0.3 is 15.2 Å². The third kappa shape index (κ3) is 3.68. The van der Waals surface area contributed by atoms with Crippen molar-refractivity contribution in [2.75, 3.05) is 19.8 Å². The SMILES string of the molecule is CC(=CN)C(=NCCC1(C)OCCO1)c1ccccc1. The summed E-state index contributed by atoms with van der Waals surface area (Å²) in [7, 11) is 0. The van der Waals surface area contributed by atoms with Crippen LogP contribution in [0.25, 0.3) is 0 Å². The van der Waals surface area contributed by atoms with Crippen LogP contribution in [0.3, 0.4) is 0 Å². The first-order valence-electron chi connectivity index (χ1n) is 6.91. The van der Waals surface area contributed by atoms with Crippen molar-refractivity contribution in [1.29, 1.82) is 0 Å². The molecule has 1 aromatic rings. The van der Waals surface area contributed by atoms with Gasteiger partial charge in [0.15, 0.2) is 5.79 Å². The van der Waals surface area contributed by atoms with Crippen LogP contribution < -0.4 is 5.73 Å². The predicted molar refractivity (Wildman–Crippen MR) is 80.7 cm³/mol. The predicted octanol–water partition coefficient (Wildman–Crippen LogP) is 2.49. The summed E-state index contributed by atoms with van der Waals surface area (Å²) in [6, 6.07) is 10.1. The Morgan fingerprint density at radius 2 is 1.95 bits per heavy atom. The summed E-state index contributed by atoms with van der Waals surface area (Å²) < 4.78 is 11.2. The molecule has 0 saturated carbocycles. The normalized spacial score (nSPS) is 19.3. The molecule has 1 aliphatic heterocycles. The molecule has 2 N–H and O–H groups in total. The molecule has 108 valence electrons. The van der Waals surface area contributed by atoms with E-state index in [0.717, 1.165) is 23.3 Å². The van der Waals surface area contributed by atoms with Crippen LogP contribution in [0.1, 0.15) is 25.8 Å². The van der Waals surface area contributed by atoms with Gasteiger partial charge in [-0.25, -0.2) is 0 Å². The summed E-state index contributed by atoms with van der Waals surface area (Å²) in [5, 5.41) is 0. The van der Waals surface area contributed by atoms with Gasteiger partial charge in [0.05, 0.1) is 18.9 Å². The molecule has 1 saturated heterocycles. The third-order valence-electron chi connectivity index (χ3n) is 3.40. The number of hydrogen-bond acceptors (Lipinski definition) is 4. The molecule has 0 atom stereocenters. The fourth-order valence-corrected chi connectivity index (χ4v) is 2.19. The van der Waals surface area contributed by atoms with Crippen molar-refractivity contribution in [2.24, 2.45) is 10.7 Å². The molecule has 20 heavy (non-hydrogen) atoms. The summed E-state index contributed by atoms with van der Waals surface area (Å²) in [5.74, 6) is -0.494. The van der Waals surface area contributed by atoms with Crippen LogP contribution in [0.5, 0.6) is 0 Å². The largest absolute Gasteiger partial charge is 0.404 e. The molecular formula is C16H22N2O2. The minimum Gasteiger partial charge on any atom is -0.404 e. The van der Waals surface area contributed by atoms with Crippen molar-refractivity contribution in [3.8, 4) is 0 Å². The molecule has 4 nitrogen and oxygen atoms in total. The minimum atomic E-state index is -0.494. The number of benzene rings is 1. The van der Waals surface area contributed by atoms with E-state index in [9.17, 15) is 0 Å². The Bertz CT molecular complexity index is 488. The molecule has 1 heterocycles. The summed E-state index contributed by atoms with van der Waals surface area (Å²) in [6.45, 7) is 5.90. The smallest absolute Gasteiger partial charge is 0.167 e. The molecule has 4 heteroatoms. The van der Waals surface area contributed by atoms with Crippen molar-refractivity contribution >= 4 is 5.71 Å². The van der Waals surface area contributed by atoms with Crippen LogP contribution in [0.15, 0.2) is 47.1 Å². The molecule has 0 spiro atoms. The van der Waals surface area contributed by atoms with Gasteiger partial charge in [-0.3, -0.25) is 4.99 Å². The minimum absolute atomic E-state index is 0.494. The fourth-order valence-electron chi connectivity index (χ4n) is 2.19. The molecule has 1 aromatic carbocycles. The van der Waals surface area contributed by atoms with Gasteiger partial charge in [0.2, 0.25) is 0 Å². The molecule has 0 aliphatic carbocycles. The van der Waals surface area contributed by atoms with Crippen molar-refractivity contribution in [3.63, 3.8) is 0 Å². The summed E-state index contributed by atoms with van der Waals surface area (Å²) >= 11 is 0. The van der Waals surface area contributed by atoms with Crippen LogP contribution in [-0.2, 0) is 9.47 Å². The summed E-state index contributed by atoms with van der Waals surface area (Å²) in [6.07, 6.45) is 2.33. The van der Waals surface area contributed by atoms with Crippen LogP contribution >= 0.6 is 0 Å². The number of allylic oxidation sites excluding steroid dienone is 1. The van der Waals surface area contributed by atoms with Crippen molar-refractivity contribution in [2.45, 2.75) is 26.1 Å². The lowest BCUT2D eigenvalue weighted by molar-refractivity contribution is -0.144. The lowest BCUT2D eigenvalue weighted by atomic mass is 10.0. The number of nitrogens with two attached hydrogens (primary N) is 1. The number of ether oxygens (including phenoxy) is 2. The fraction of sp³-hybridized carbons (Fsp3) is 0.438. The van der Waals surface area contributed by atoms with E-state index in [1.54, 1.807) is 6.20 Å². The second-order valence-electron chi connectivity index (χ2n) is 5.03. The molecular weight excluding hydrogens is 252 g/mol. The zero-order chi connectivity index (χ0) is 14.4. The highest BCUT2D eigenvalue weighted by Gasteiger charge is 2.30. The van der Waals surface area contributed by atoms with Crippen molar-refractivity contribution in [1.82, 2.24) is 0 Å². The van der Waals surface area contributed by atoms with E-state index in [2.05, 4.69) is 4.99 Å². The summed E-state index contributed by atoms with van der Waals surface area (Å²) in [5.41, 5.74) is 8.60. The maximum Gasteiger partial charge on any atom is 0.167 e. The molecule has 0 radical (unpaired) electrons. The zero-order valence-corrected chi connectivity index (χ0v) is 12.1. The maximum absolute atomic E-state index is 5.64. The zero-order valence-electron chi connectivity index (χ0n) is 12.1. The topological polar surface area (TPSA) is 56.8 Å². The number of aliphatic imine (C=N–C) groups is 1.